The minimum absolute atomic E-state index is 0.651. The molecule has 4 heteroatoms. The molecule has 0 aliphatic rings. The van der Waals surface area contributed by atoms with Crippen molar-refractivity contribution >= 4 is 55.5 Å². The summed E-state index contributed by atoms with van der Waals surface area (Å²) in [7, 11) is 0. The summed E-state index contributed by atoms with van der Waals surface area (Å²) in [5.74, 6) is 0.651. The van der Waals surface area contributed by atoms with Crippen LogP contribution < -0.4 is 0 Å². The molecule has 0 aliphatic heterocycles. The number of oxazole rings is 1. The molecule has 0 spiro atoms. The second kappa shape index (κ2) is 6.46. The molecule has 0 amide bonds. The van der Waals surface area contributed by atoms with E-state index in [9.17, 15) is 0 Å². The van der Waals surface area contributed by atoms with Gasteiger partial charge in [0.15, 0.2) is 5.58 Å². The van der Waals surface area contributed by atoms with Crippen LogP contribution in [0.4, 0.5) is 0 Å². The number of aromatic nitrogens is 2. The topological polar surface area (TPSA) is 31.0 Å². The van der Waals surface area contributed by atoms with E-state index in [1.54, 1.807) is 0 Å². The van der Waals surface area contributed by atoms with Crippen molar-refractivity contribution in [3.8, 4) is 17.1 Å². The van der Waals surface area contributed by atoms with Crippen molar-refractivity contribution in [2.45, 2.75) is 0 Å². The lowest BCUT2D eigenvalue weighted by molar-refractivity contribution is 0.618. The molecule has 6 rings (SSSR count). The molecular formula is C25H15IN2O. The first kappa shape index (κ1) is 16.8. The maximum absolute atomic E-state index is 6.03. The lowest BCUT2D eigenvalue weighted by Crippen LogP contribution is -1.93. The minimum atomic E-state index is 0.651. The van der Waals surface area contributed by atoms with Gasteiger partial charge in [0.25, 0.3) is 0 Å². The summed E-state index contributed by atoms with van der Waals surface area (Å²) in [6, 6.07) is 31.5. The van der Waals surface area contributed by atoms with Gasteiger partial charge in [-0.05, 0) is 71.1 Å². The van der Waals surface area contributed by atoms with Gasteiger partial charge in [-0.2, -0.15) is 0 Å². The summed E-state index contributed by atoms with van der Waals surface area (Å²) in [6.45, 7) is 0. The highest BCUT2D eigenvalue weighted by Crippen LogP contribution is 2.33. The van der Waals surface area contributed by atoms with Gasteiger partial charge in [0.2, 0.25) is 5.89 Å². The second-order valence-electron chi connectivity index (χ2n) is 7.02. The van der Waals surface area contributed by atoms with Crippen LogP contribution in [0.3, 0.4) is 0 Å². The first-order valence-electron chi connectivity index (χ1n) is 9.44. The third-order valence-corrected chi connectivity index (χ3v) is 6.17. The maximum atomic E-state index is 6.03. The zero-order valence-corrected chi connectivity index (χ0v) is 17.5. The second-order valence-corrected chi connectivity index (χ2v) is 8.19. The molecule has 4 aromatic carbocycles. The van der Waals surface area contributed by atoms with E-state index in [1.165, 1.54) is 21.8 Å². The SMILES string of the molecule is Ic1cccc2nc(-c3ccc(-n4c5ccccc5c5ccccc54)cc3)oc12. The van der Waals surface area contributed by atoms with Crippen LogP contribution in [0.1, 0.15) is 0 Å². The molecule has 0 N–H and O–H groups in total. The third kappa shape index (κ3) is 2.59. The maximum Gasteiger partial charge on any atom is 0.227 e. The van der Waals surface area contributed by atoms with Crippen LogP contribution in [0.25, 0.3) is 50.0 Å². The van der Waals surface area contributed by atoms with E-state index in [2.05, 4.69) is 105 Å². The van der Waals surface area contributed by atoms with Gasteiger partial charge in [-0.1, -0.05) is 42.5 Å². The number of fused-ring (bicyclic) bond motifs is 4. The Labute approximate surface area is 180 Å². The van der Waals surface area contributed by atoms with E-state index in [0.29, 0.717) is 5.89 Å². The van der Waals surface area contributed by atoms with Gasteiger partial charge in [0, 0.05) is 22.0 Å². The van der Waals surface area contributed by atoms with E-state index in [0.717, 1.165) is 25.9 Å². The van der Waals surface area contributed by atoms with Crippen molar-refractivity contribution < 1.29 is 4.42 Å². The quantitative estimate of drug-likeness (QED) is 0.243. The Morgan fingerprint density at radius 1 is 0.690 bits per heavy atom. The number of para-hydroxylation sites is 3. The van der Waals surface area contributed by atoms with Crippen molar-refractivity contribution in [1.29, 1.82) is 0 Å². The van der Waals surface area contributed by atoms with Crippen LogP contribution in [0.2, 0.25) is 0 Å². The number of benzene rings is 4. The van der Waals surface area contributed by atoms with E-state index < -0.39 is 0 Å². The van der Waals surface area contributed by atoms with Crippen LogP contribution in [0.5, 0.6) is 0 Å². The normalized spacial score (nSPS) is 11.6. The molecule has 0 aliphatic carbocycles. The molecule has 0 saturated carbocycles. The van der Waals surface area contributed by atoms with Crippen LogP contribution in [0.15, 0.2) is 95.4 Å². The third-order valence-electron chi connectivity index (χ3n) is 5.32. The van der Waals surface area contributed by atoms with Gasteiger partial charge in [0.1, 0.15) is 5.52 Å². The molecule has 0 unspecified atom stereocenters. The van der Waals surface area contributed by atoms with E-state index in [-0.39, 0.29) is 0 Å². The highest BCUT2D eigenvalue weighted by molar-refractivity contribution is 14.1. The fraction of sp³-hybridized carbons (Fsp3) is 0. The summed E-state index contributed by atoms with van der Waals surface area (Å²) in [6.07, 6.45) is 0. The van der Waals surface area contributed by atoms with Crippen LogP contribution in [-0.4, -0.2) is 9.55 Å². The van der Waals surface area contributed by atoms with Crippen molar-refractivity contribution in [3.63, 3.8) is 0 Å². The zero-order chi connectivity index (χ0) is 19.4. The van der Waals surface area contributed by atoms with Crippen LogP contribution >= 0.6 is 22.6 Å². The molecule has 3 nitrogen and oxygen atoms in total. The van der Waals surface area contributed by atoms with Gasteiger partial charge < -0.3 is 8.98 Å². The lowest BCUT2D eigenvalue weighted by atomic mass is 10.2. The Bertz CT molecular complexity index is 1460. The molecule has 2 heterocycles. The van der Waals surface area contributed by atoms with Gasteiger partial charge in [-0.25, -0.2) is 4.98 Å². The molecule has 0 atom stereocenters. The lowest BCUT2D eigenvalue weighted by Gasteiger charge is -2.08. The number of rotatable bonds is 2. The molecule has 0 saturated heterocycles. The predicted molar refractivity (Wildman–Crippen MR) is 127 cm³/mol. The number of halogens is 1. The Kier molecular flexibility index (Phi) is 3.74. The average Bonchev–Trinajstić information content (AvgIpc) is 3.34. The fourth-order valence-corrected chi connectivity index (χ4v) is 4.59. The smallest absolute Gasteiger partial charge is 0.227 e. The molecule has 0 bridgehead atoms. The Morgan fingerprint density at radius 3 is 2.00 bits per heavy atom. The molecule has 6 aromatic rings. The Hall–Kier alpha value is -3.12. The average molecular weight is 486 g/mol. The van der Waals surface area contributed by atoms with Crippen molar-refractivity contribution in [3.05, 3.63) is 94.6 Å². The summed E-state index contributed by atoms with van der Waals surface area (Å²) in [5.41, 5.74) is 6.24. The molecule has 0 fully saturated rings. The van der Waals surface area contributed by atoms with Crippen LogP contribution in [-0.2, 0) is 0 Å². The fourth-order valence-electron chi connectivity index (χ4n) is 3.99. The Morgan fingerprint density at radius 2 is 1.34 bits per heavy atom. The van der Waals surface area contributed by atoms with Crippen molar-refractivity contribution in [2.75, 3.05) is 0 Å². The minimum Gasteiger partial charge on any atom is -0.435 e. The van der Waals surface area contributed by atoms with Crippen molar-refractivity contribution in [1.82, 2.24) is 9.55 Å². The van der Waals surface area contributed by atoms with Crippen LogP contribution in [0, 0.1) is 3.57 Å². The highest BCUT2D eigenvalue weighted by Gasteiger charge is 2.13. The number of nitrogens with zero attached hydrogens (tertiary/aromatic N) is 2. The molecule has 0 radical (unpaired) electrons. The summed E-state index contributed by atoms with van der Waals surface area (Å²) in [5, 5.41) is 2.53. The van der Waals surface area contributed by atoms with Gasteiger partial charge >= 0.3 is 0 Å². The van der Waals surface area contributed by atoms with E-state index in [4.69, 9.17) is 4.42 Å². The molecular weight excluding hydrogens is 471 g/mol. The van der Waals surface area contributed by atoms with Gasteiger partial charge in [0.05, 0.1) is 14.6 Å². The monoisotopic (exact) mass is 486 g/mol. The first-order valence-corrected chi connectivity index (χ1v) is 10.5. The standard InChI is InChI=1S/C25H15IN2O/c26-20-8-5-9-21-24(20)29-25(27-21)16-12-14-17(15-13-16)28-22-10-3-1-6-18(22)19-7-2-4-11-23(19)28/h1-15H. The predicted octanol–water partition coefficient (Wildman–Crippen LogP) is 7.20. The summed E-state index contributed by atoms with van der Waals surface area (Å²) >= 11 is 2.28. The number of hydrogen-bond acceptors (Lipinski definition) is 2. The summed E-state index contributed by atoms with van der Waals surface area (Å²) < 4.78 is 9.41. The van der Waals surface area contributed by atoms with Gasteiger partial charge in [-0.15, -0.1) is 0 Å². The first-order chi connectivity index (χ1) is 14.3. The largest absolute Gasteiger partial charge is 0.435 e. The summed E-state index contributed by atoms with van der Waals surface area (Å²) in [4.78, 5) is 4.66. The number of hydrogen-bond donors (Lipinski definition) is 0. The van der Waals surface area contributed by atoms with E-state index >= 15 is 0 Å². The highest BCUT2D eigenvalue weighted by atomic mass is 127. The van der Waals surface area contributed by atoms with Gasteiger partial charge in [-0.3, -0.25) is 0 Å². The van der Waals surface area contributed by atoms with E-state index in [1.807, 2.05) is 18.2 Å². The van der Waals surface area contributed by atoms with Crippen molar-refractivity contribution in [2.24, 2.45) is 0 Å². The molecule has 2 aromatic heterocycles. The molecule has 29 heavy (non-hydrogen) atoms. The zero-order valence-electron chi connectivity index (χ0n) is 15.3. The Balaban J connectivity index is 1.51. The molecule has 138 valence electrons.